The quantitative estimate of drug-likeness (QED) is 0.708. The number of rotatable bonds is 5. The maximum absolute atomic E-state index is 13.5. The first-order valence-corrected chi connectivity index (χ1v) is 8.24. The molecule has 0 saturated heterocycles. The van der Waals surface area contributed by atoms with Crippen molar-refractivity contribution >= 4 is 23.4 Å². The summed E-state index contributed by atoms with van der Waals surface area (Å²) in [4.78, 5) is 11.9. The fraction of sp³-hybridized carbons (Fsp3) is 0.125. The van der Waals surface area contributed by atoms with Crippen LogP contribution < -0.4 is 5.32 Å². The first-order valence-electron chi connectivity index (χ1n) is 7.25. The number of thioether (sulfide) groups is 1. The summed E-state index contributed by atoms with van der Waals surface area (Å²) in [5.74, 6) is -1.36. The minimum atomic E-state index is -0.822. The molecule has 1 N–H and O–H groups in total. The molecule has 3 aromatic rings. The van der Waals surface area contributed by atoms with Crippen LogP contribution in [0, 0.1) is 18.6 Å². The van der Waals surface area contributed by atoms with Crippen molar-refractivity contribution in [3.63, 3.8) is 0 Å². The van der Waals surface area contributed by atoms with Gasteiger partial charge in [0.05, 0.1) is 11.4 Å². The Morgan fingerprint density at radius 1 is 1.20 bits per heavy atom. The molecule has 0 unspecified atom stereocenters. The molecular weight excluding hydrogens is 348 g/mol. The number of aryl methyl sites for hydroxylation is 1. The molecule has 128 valence electrons. The van der Waals surface area contributed by atoms with Crippen LogP contribution in [0.4, 0.5) is 14.5 Å². The Bertz CT molecular complexity index is 898. The number of benzene rings is 1. The molecule has 6 nitrogen and oxygen atoms in total. The van der Waals surface area contributed by atoms with Crippen LogP contribution in [0.1, 0.15) is 5.69 Å². The fourth-order valence-corrected chi connectivity index (χ4v) is 2.64. The van der Waals surface area contributed by atoms with Gasteiger partial charge in [0, 0.05) is 18.0 Å². The second-order valence-corrected chi connectivity index (χ2v) is 6.07. The number of anilines is 1. The van der Waals surface area contributed by atoms with Crippen LogP contribution in [0.5, 0.6) is 0 Å². The first kappa shape index (κ1) is 17.0. The molecule has 2 heterocycles. The maximum atomic E-state index is 13.5. The highest BCUT2D eigenvalue weighted by molar-refractivity contribution is 7.99. The van der Waals surface area contributed by atoms with Gasteiger partial charge < -0.3 is 5.32 Å². The Kier molecular flexibility index (Phi) is 5.03. The molecule has 0 radical (unpaired) electrons. The lowest BCUT2D eigenvalue weighted by molar-refractivity contribution is -0.113. The van der Waals surface area contributed by atoms with Gasteiger partial charge >= 0.3 is 0 Å². The average Bonchev–Trinajstić information content (AvgIpc) is 3.02. The van der Waals surface area contributed by atoms with Crippen LogP contribution in [0.15, 0.2) is 47.6 Å². The molecule has 0 fully saturated rings. The minimum Gasteiger partial charge on any atom is -0.323 e. The third kappa shape index (κ3) is 4.18. The topological polar surface area (TPSA) is 72.7 Å². The number of carbonyl (C=O) groups is 1. The highest BCUT2D eigenvalue weighted by Crippen LogP contribution is 2.18. The van der Waals surface area contributed by atoms with E-state index in [1.165, 1.54) is 6.07 Å². The number of amides is 1. The summed E-state index contributed by atoms with van der Waals surface area (Å²) in [6.07, 6.45) is 1.67. The molecule has 0 aliphatic carbocycles. The lowest BCUT2D eigenvalue weighted by atomic mass is 10.3. The summed E-state index contributed by atoms with van der Waals surface area (Å²) >= 11 is 1.16. The van der Waals surface area contributed by atoms with E-state index in [4.69, 9.17) is 0 Å². The number of nitrogens with one attached hydrogen (secondary N) is 1. The molecule has 0 aliphatic heterocycles. The van der Waals surface area contributed by atoms with E-state index in [0.29, 0.717) is 16.9 Å². The Morgan fingerprint density at radius 2 is 2.04 bits per heavy atom. The number of hydrogen-bond acceptors (Lipinski definition) is 5. The predicted octanol–water partition coefficient (Wildman–Crippen LogP) is 2.98. The smallest absolute Gasteiger partial charge is 0.234 e. The van der Waals surface area contributed by atoms with Crippen molar-refractivity contribution < 1.29 is 13.6 Å². The summed E-state index contributed by atoms with van der Waals surface area (Å²) < 4.78 is 28.0. The Balaban J connectivity index is 1.58. The van der Waals surface area contributed by atoms with Crippen molar-refractivity contribution in [2.24, 2.45) is 0 Å². The molecule has 0 saturated carbocycles. The second kappa shape index (κ2) is 7.39. The van der Waals surface area contributed by atoms with E-state index in [0.717, 1.165) is 23.5 Å². The van der Waals surface area contributed by atoms with Crippen molar-refractivity contribution in [3.8, 4) is 5.82 Å². The van der Waals surface area contributed by atoms with Crippen LogP contribution >= 0.6 is 11.8 Å². The van der Waals surface area contributed by atoms with Crippen molar-refractivity contribution in [1.82, 2.24) is 20.0 Å². The molecule has 3 rings (SSSR count). The maximum Gasteiger partial charge on any atom is 0.234 e. The van der Waals surface area contributed by atoms with Gasteiger partial charge in [0.2, 0.25) is 5.91 Å². The molecule has 1 aromatic carbocycles. The average molecular weight is 361 g/mol. The molecule has 25 heavy (non-hydrogen) atoms. The zero-order valence-corrected chi connectivity index (χ0v) is 13.9. The van der Waals surface area contributed by atoms with Crippen LogP contribution in [0.25, 0.3) is 5.82 Å². The number of halogens is 2. The highest BCUT2D eigenvalue weighted by atomic mass is 32.2. The van der Waals surface area contributed by atoms with Gasteiger partial charge in [-0.25, -0.2) is 13.5 Å². The third-order valence-corrected chi connectivity index (χ3v) is 4.15. The first-order chi connectivity index (χ1) is 12.0. The van der Waals surface area contributed by atoms with E-state index < -0.39 is 17.5 Å². The van der Waals surface area contributed by atoms with Crippen molar-refractivity contribution in [2.75, 3.05) is 11.1 Å². The summed E-state index contributed by atoms with van der Waals surface area (Å²) in [5, 5.41) is 15.2. The van der Waals surface area contributed by atoms with Crippen LogP contribution in [0.3, 0.4) is 0 Å². The Hall–Kier alpha value is -2.81. The monoisotopic (exact) mass is 361 g/mol. The van der Waals surface area contributed by atoms with Crippen molar-refractivity contribution in [3.05, 3.63) is 59.9 Å². The van der Waals surface area contributed by atoms with Gasteiger partial charge in [-0.1, -0.05) is 11.8 Å². The van der Waals surface area contributed by atoms with Gasteiger partial charge in [-0.05, 0) is 37.3 Å². The fourth-order valence-electron chi connectivity index (χ4n) is 2.03. The third-order valence-electron chi connectivity index (χ3n) is 3.23. The zero-order chi connectivity index (χ0) is 17.8. The standard InChI is InChI=1S/C16H13F2N5OS/c1-10-6-7-19-23(10)14-4-5-16(22-21-14)25-9-15(24)20-13-3-2-11(17)8-12(13)18/h2-8H,9H2,1H3,(H,20,24). The lowest BCUT2D eigenvalue weighted by Crippen LogP contribution is -2.15. The second-order valence-electron chi connectivity index (χ2n) is 5.08. The largest absolute Gasteiger partial charge is 0.323 e. The Morgan fingerprint density at radius 3 is 2.68 bits per heavy atom. The van der Waals surface area contributed by atoms with Crippen LogP contribution in [0.2, 0.25) is 0 Å². The molecule has 1 amide bonds. The van der Waals surface area contributed by atoms with E-state index in [2.05, 4.69) is 20.6 Å². The summed E-state index contributed by atoms with van der Waals surface area (Å²) in [7, 11) is 0. The molecule has 9 heteroatoms. The zero-order valence-electron chi connectivity index (χ0n) is 13.1. The predicted molar refractivity (Wildman–Crippen MR) is 89.6 cm³/mol. The summed E-state index contributed by atoms with van der Waals surface area (Å²) in [6, 6.07) is 8.28. The molecule has 0 aliphatic rings. The van der Waals surface area contributed by atoms with Gasteiger partial charge in [-0.15, -0.1) is 10.2 Å². The van der Waals surface area contributed by atoms with Crippen LogP contribution in [-0.4, -0.2) is 31.6 Å². The number of carbonyl (C=O) groups excluding carboxylic acids is 1. The number of nitrogens with zero attached hydrogens (tertiary/aromatic N) is 4. The van der Waals surface area contributed by atoms with Gasteiger partial charge in [0.15, 0.2) is 5.82 Å². The van der Waals surface area contributed by atoms with Crippen LogP contribution in [-0.2, 0) is 4.79 Å². The molecule has 0 bridgehead atoms. The van der Waals surface area contributed by atoms with Crippen molar-refractivity contribution in [1.29, 1.82) is 0 Å². The van der Waals surface area contributed by atoms with E-state index in [9.17, 15) is 13.6 Å². The number of hydrogen-bond donors (Lipinski definition) is 1. The van der Waals surface area contributed by atoms with Gasteiger partial charge in [-0.3, -0.25) is 4.79 Å². The molecule has 0 spiro atoms. The van der Waals surface area contributed by atoms with Gasteiger partial charge in [-0.2, -0.15) is 5.10 Å². The lowest BCUT2D eigenvalue weighted by Gasteiger charge is -2.06. The molecule has 2 aromatic heterocycles. The summed E-state index contributed by atoms with van der Waals surface area (Å²) in [5.41, 5.74) is 0.859. The van der Waals surface area contributed by atoms with E-state index in [1.807, 2.05) is 13.0 Å². The van der Waals surface area contributed by atoms with Gasteiger partial charge in [0.1, 0.15) is 16.7 Å². The molecule has 0 atom stereocenters. The van der Waals surface area contributed by atoms with Crippen molar-refractivity contribution in [2.45, 2.75) is 11.9 Å². The minimum absolute atomic E-state index is 0.0195. The summed E-state index contributed by atoms with van der Waals surface area (Å²) in [6.45, 7) is 1.90. The van der Waals surface area contributed by atoms with Gasteiger partial charge in [0.25, 0.3) is 0 Å². The van der Waals surface area contributed by atoms with E-state index in [-0.39, 0.29) is 11.4 Å². The Labute approximate surface area is 146 Å². The SMILES string of the molecule is Cc1ccnn1-c1ccc(SCC(=O)Nc2ccc(F)cc2F)nn1. The van der Waals surface area contributed by atoms with E-state index in [1.54, 1.807) is 23.0 Å². The molecular formula is C16H13F2N5OS. The van der Waals surface area contributed by atoms with E-state index >= 15 is 0 Å². The number of aromatic nitrogens is 4. The normalized spacial score (nSPS) is 10.7. The highest BCUT2D eigenvalue weighted by Gasteiger charge is 2.10.